The van der Waals surface area contributed by atoms with Crippen LogP contribution in [-0.2, 0) is 6.18 Å². The Bertz CT molecular complexity index is 1320. The molecule has 3 aromatic heterocycles. The number of halogens is 3. The van der Waals surface area contributed by atoms with E-state index >= 15 is 0 Å². The number of carbonyl (C=O) groups excluding carboxylic acids is 1. The molecule has 0 bridgehead atoms. The molecule has 0 unspecified atom stereocenters. The third-order valence-electron chi connectivity index (χ3n) is 4.76. The van der Waals surface area contributed by atoms with Crippen molar-refractivity contribution in [2.45, 2.75) is 12.3 Å². The van der Waals surface area contributed by atoms with E-state index in [1.165, 1.54) is 48.7 Å². The summed E-state index contributed by atoms with van der Waals surface area (Å²) >= 11 is 0. The monoisotopic (exact) mass is 473 g/mol. The molecule has 1 aromatic carbocycles. The summed E-state index contributed by atoms with van der Waals surface area (Å²) in [5.41, 5.74) is -0.737. The number of ether oxygens (including phenoxy) is 1. The van der Waals surface area contributed by atoms with Gasteiger partial charge in [0, 0.05) is 11.6 Å². The second kappa shape index (κ2) is 9.45. The van der Waals surface area contributed by atoms with Crippen LogP contribution in [0.15, 0.2) is 60.8 Å². The molecular formula is C22H18F3N5O4. The van der Waals surface area contributed by atoms with Crippen LogP contribution in [0.3, 0.4) is 0 Å². The lowest BCUT2D eigenvalue weighted by molar-refractivity contribution is -0.137. The molecule has 34 heavy (non-hydrogen) atoms. The number of hydrogen-bond donors (Lipinski definition) is 3. The Kier molecular flexibility index (Phi) is 6.43. The van der Waals surface area contributed by atoms with E-state index in [-0.39, 0.29) is 34.3 Å². The smallest absolute Gasteiger partial charge is 0.417 e. The maximum absolute atomic E-state index is 13.4. The van der Waals surface area contributed by atoms with Crippen molar-refractivity contribution >= 4 is 17.4 Å². The Morgan fingerprint density at radius 1 is 1.06 bits per heavy atom. The van der Waals surface area contributed by atoms with Gasteiger partial charge in [-0.15, -0.1) is 0 Å². The van der Waals surface area contributed by atoms with Crippen molar-refractivity contribution < 1.29 is 32.9 Å². The molecule has 12 heteroatoms. The number of nitrogens with zero attached hydrogens (tertiary/aromatic N) is 4. The Morgan fingerprint density at radius 2 is 1.82 bits per heavy atom. The van der Waals surface area contributed by atoms with Gasteiger partial charge < -0.3 is 20.3 Å². The van der Waals surface area contributed by atoms with Gasteiger partial charge in [0.2, 0.25) is 5.88 Å². The van der Waals surface area contributed by atoms with Crippen LogP contribution in [0.25, 0.3) is 16.9 Å². The first-order chi connectivity index (χ1) is 16.3. The van der Waals surface area contributed by atoms with E-state index in [9.17, 15) is 18.0 Å². The Hall–Kier alpha value is -4.03. The van der Waals surface area contributed by atoms with E-state index in [0.29, 0.717) is 0 Å². The molecular weight excluding hydrogens is 455 g/mol. The van der Waals surface area contributed by atoms with Gasteiger partial charge in [0.25, 0.3) is 5.91 Å². The lowest BCUT2D eigenvalue weighted by atomic mass is 10.0. The van der Waals surface area contributed by atoms with Crippen molar-refractivity contribution in [3.05, 3.63) is 72.1 Å². The minimum absolute atomic E-state index is 0.0139. The first-order valence-corrected chi connectivity index (χ1v) is 9.98. The SMILES string of the molecule is O=C(Nc1cccc(OC(CO)CO)n1)c1cnc2ccc(-c3ccccc3C(F)(F)F)nn12. The van der Waals surface area contributed by atoms with Gasteiger partial charge in [-0.3, -0.25) is 4.79 Å². The van der Waals surface area contributed by atoms with Crippen LogP contribution < -0.4 is 10.1 Å². The summed E-state index contributed by atoms with van der Waals surface area (Å²) in [6.45, 7) is -0.857. The van der Waals surface area contributed by atoms with Gasteiger partial charge in [0.05, 0.1) is 30.7 Å². The summed E-state index contributed by atoms with van der Waals surface area (Å²) in [6.07, 6.45) is -4.21. The summed E-state index contributed by atoms with van der Waals surface area (Å²) in [7, 11) is 0. The number of alkyl halides is 3. The number of amides is 1. The van der Waals surface area contributed by atoms with Crippen molar-refractivity contribution in [1.82, 2.24) is 19.6 Å². The number of pyridine rings is 1. The van der Waals surface area contributed by atoms with Crippen molar-refractivity contribution in [2.75, 3.05) is 18.5 Å². The minimum Gasteiger partial charge on any atom is -0.469 e. The lowest BCUT2D eigenvalue weighted by Crippen LogP contribution is -2.25. The molecule has 9 nitrogen and oxygen atoms in total. The topological polar surface area (TPSA) is 122 Å². The quantitative estimate of drug-likeness (QED) is 0.377. The maximum Gasteiger partial charge on any atom is 0.417 e. The van der Waals surface area contributed by atoms with Crippen molar-refractivity contribution in [2.24, 2.45) is 0 Å². The van der Waals surface area contributed by atoms with E-state index in [0.717, 1.165) is 10.6 Å². The number of fused-ring (bicyclic) bond motifs is 1. The number of rotatable bonds is 7. The number of hydrogen-bond acceptors (Lipinski definition) is 7. The molecule has 1 amide bonds. The van der Waals surface area contributed by atoms with Gasteiger partial charge >= 0.3 is 6.18 Å². The predicted octanol–water partition coefficient (Wildman–Crippen LogP) is 2.79. The van der Waals surface area contributed by atoms with Crippen molar-refractivity contribution in [1.29, 1.82) is 0 Å². The third kappa shape index (κ3) is 4.82. The molecule has 176 valence electrons. The van der Waals surface area contributed by atoms with E-state index in [4.69, 9.17) is 14.9 Å². The molecule has 0 spiro atoms. The number of benzene rings is 1. The molecule has 0 aliphatic heterocycles. The predicted molar refractivity (Wildman–Crippen MR) is 114 cm³/mol. The molecule has 0 aliphatic carbocycles. The van der Waals surface area contributed by atoms with Gasteiger partial charge in [-0.25, -0.2) is 9.50 Å². The van der Waals surface area contributed by atoms with Crippen LogP contribution in [0.2, 0.25) is 0 Å². The van der Waals surface area contributed by atoms with Gasteiger partial charge in [-0.1, -0.05) is 24.3 Å². The zero-order valence-electron chi connectivity index (χ0n) is 17.4. The number of carbonyl (C=O) groups is 1. The standard InChI is InChI=1S/C22H18F3N5O4/c23-22(24,25)15-5-2-1-4-14(15)16-8-9-19-26-10-17(30(19)29-16)21(33)28-18-6-3-7-20(27-18)34-13(11-31)12-32/h1-10,13,31-32H,11-12H2,(H,27,28,33). The highest BCUT2D eigenvalue weighted by Crippen LogP contribution is 2.36. The van der Waals surface area contributed by atoms with E-state index in [2.05, 4.69) is 20.4 Å². The summed E-state index contributed by atoms with van der Waals surface area (Å²) in [4.78, 5) is 21.0. The van der Waals surface area contributed by atoms with Gasteiger partial charge in [-0.05, 0) is 24.3 Å². The summed E-state index contributed by atoms with van der Waals surface area (Å²) in [6, 6.07) is 12.4. The highest BCUT2D eigenvalue weighted by Gasteiger charge is 2.33. The zero-order chi connectivity index (χ0) is 24.3. The average Bonchev–Trinajstić information content (AvgIpc) is 3.25. The molecule has 4 rings (SSSR count). The lowest BCUT2D eigenvalue weighted by Gasteiger charge is -2.14. The largest absolute Gasteiger partial charge is 0.469 e. The average molecular weight is 473 g/mol. The van der Waals surface area contributed by atoms with Crippen LogP contribution >= 0.6 is 0 Å². The summed E-state index contributed by atoms with van der Waals surface area (Å²) in [5, 5.41) is 25.0. The fraction of sp³-hybridized carbons (Fsp3) is 0.182. The molecule has 0 atom stereocenters. The Labute approximate surface area is 190 Å². The molecule has 3 heterocycles. The molecule has 0 saturated carbocycles. The third-order valence-corrected chi connectivity index (χ3v) is 4.76. The van der Waals surface area contributed by atoms with Gasteiger partial charge in [0.1, 0.15) is 11.9 Å². The molecule has 0 radical (unpaired) electrons. The van der Waals surface area contributed by atoms with Crippen LogP contribution in [0.5, 0.6) is 5.88 Å². The molecule has 3 N–H and O–H groups in total. The van der Waals surface area contributed by atoms with E-state index < -0.39 is 37.0 Å². The normalized spacial score (nSPS) is 11.7. The number of aliphatic hydroxyl groups excluding tert-OH is 2. The number of aliphatic hydroxyl groups is 2. The number of aromatic nitrogens is 4. The van der Waals surface area contributed by atoms with Gasteiger partial charge in [0.15, 0.2) is 11.3 Å². The van der Waals surface area contributed by atoms with Crippen LogP contribution in [-0.4, -0.2) is 55.0 Å². The minimum atomic E-state index is -4.58. The first-order valence-electron chi connectivity index (χ1n) is 9.98. The number of imidazole rings is 1. The van der Waals surface area contributed by atoms with E-state index in [1.807, 2.05) is 0 Å². The highest BCUT2D eigenvalue weighted by atomic mass is 19.4. The maximum atomic E-state index is 13.4. The molecule has 0 saturated heterocycles. The molecule has 0 aliphatic rings. The second-order valence-corrected chi connectivity index (χ2v) is 7.10. The summed E-state index contributed by atoms with van der Waals surface area (Å²) in [5.74, 6) is -0.495. The zero-order valence-corrected chi connectivity index (χ0v) is 17.4. The number of anilines is 1. The van der Waals surface area contributed by atoms with Gasteiger partial charge in [-0.2, -0.15) is 23.3 Å². The van der Waals surface area contributed by atoms with Crippen LogP contribution in [0, 0.1) is 0 Å². The number of nitrogens with one attached hydrogen (secondary N) is 1. The van der Waals surface area contributed by atoms with E-state index in [1.54, 1.807) is 6.07 Å². The molecule has 4 aromatic rings. The van der Waals surface area contributed by atoms with Crippen molar-refractivity contribution in [3.63, 3.8) is 0 Å². The summed E-state index contributed by atoms with van der Waals surface area (Å²) < 4.78 is 46.8. The fourth-order valence-electron chi connectivity index (χ4n) is 3.16. The Morgan fingerprint density at radius 3 is 2.56 bits per heavy atom. The van der Waals surface area contributed by atoms with Crippen LogP contribution in [0.1, 0.15) is 16.1 Å². The van der Waals surface area contributed by atoms with Crippen molar-refractivity contribution in [3.8, 4) is 17.1 Å². The first kappa shape index (κ1) is 23.1. The fourth-order valence-corrected chi connectivity index (χ4v) is 3.16. The molecule has 0 fully saturated rings. The second-order valence-electron chi connectivity index (χ2n) is 7.10. The Balaban J connectivity index is 1.64. The van der Waals surface area contributed by atoms with Crippen LogP contribution in [0.4, 0.5) is 19.0 Å². The highest BCUT2D eigenvalue weighted by molar-refractivity contribution is 6.02.